The highest BCUT2D eigenvalue weighted by Gasteiger charge is 2.23. The van der Waals surface area contributed by atoms with E-state index < -0.39 is 0 Å². The zero-order valence-electron chi connectivity index (χ0n) is 11.8. The predicted molar refractivity (Wildman–Crippen MR) is 78.5 cm³/mol. The molecule has 1 atom stereocenters. The molecule has 1 saturated heterocycles. The van der Waals surface area contributed by atoms with Crippen LogP contribution in [0, 0.1) is 5.92 Å². The highest BCUT2D eigenvalue weighted by atomic mass is 16.2. The van der Waals surface area contributed by atoms with Gasteiger partial charge in [-0.05, 0) is 18.6 Å². The molecule has 5 heteroatoms. The maximum Gasteiger partial charge on any atom is 0.224 e. The monoisotopic (exact) mass is 275 g/mol. The number of likely N-dealkylation sites (N-methyl/N-ethyl adjacent to an activating group) is 1. The van der Waals surface area contributed by atoms with Crippen molar-refractivity contribution < 1.29 is 9.59 Å². The lowest BCUT2D eigenvalue weighted by Gasteiger charge is -2.23. The number of piperidine rings is 1. The van der Waals surface area contributed by atoms with Crippen LogP contribution in [0.2, 0.25) is 0 Å². The molecular weight excluding hydrogens is 254 g/mol. The Morgan fingerprint density at radius 3 is 2.80 bits per heavy atom. The molecule has 1 aliphatic rings. The van der Waals surface area contributed by atoms with Gasteiger partial charge in [-0.3, -0.25) is 9.59 Å². The van der Waals surface area contributed by atoms with Gasteiger partial charge in [0.25, 0.3) is 0 Å². The molecule has 2 N–H and O–H groups in total. The fraction of sp³-hybridized carbons (Fsp3) is 0.467. The van der Waals surface area contributed by atoms with Crippen LogP contribution in [0.1, 0.15) is 12.8 Å². The average Bonchev–Trinajstić information content (AvgIpc) is 2.48. The lowest BCUT2D eigenvalue weighted by atomic mass is 9.98. The Kier molecular flexibility index (Phi) is 4.98. The Morgan fingerprint density at radius 1 is 1.40 bits per heavy atom. The van der Waals surface area contributed by atoms with Crippen molar-refractivity contribution in [1.82, 2.24) is 10.6 Å². The number of carbonyl (C=O) groups excluding carboxylic acids is 2. The Morgan fingerprint density at radius 2 is 2.15 bits per heavy atom. The van der Waals surface area contributed by atoms with Crippen LogP contribution in [0.4, 0.5) is 5.69 Å². The standard InChI is InChI=1S/C15H21N3O2/c1-18(13-5-3-2-4-6-13)10-9-16-15(20)12-7-8-14(19)17-11-12/h2-6,12H,7-11H2,1H3,(H,16,20)(H,17,19). The van der Waals surface area contributed by atoms with E-state index in [1.165, 1.54) is 0 Å². The molecule has 1 unspecified atom stereocenters. The van der Waals surface area contributed by atoms with Gasteiger partial charge in [-0.1, -0.05) is 18.2 Å². The van der Waals surface area contributed by atoms with E-state index >= 15 is 0 Å². The average molecular weight is 275 g/mol. The van der Waals surface area contributed by atoms with Crippen LogP contribution in [0.5, 0.6) is 0 Å². The molecule has 1 aromatic rings. The molecule has 108 valence electrons. The number of carbonyl (C=O) groups is 2. The van der Waals surface area contributed by atoms with Crippen molar-refractivity contribution in [3.63, 3.8) is 0 Å². The molecule has 0 bridgehead atoms. The minimum Gasteiger partial charge on any atom is -0.373 e. The molecule has 0 aliphatic carbocycles. The summed E-state index contributed by atoms with van der Waals surface area (Å²) in [5.41, 5.74) is 1.13. The summed E-state index contributed by atoms with van der Waals surface area (Å²) in [6.07, 6.45) is 1.09. The van der Waals surface area contributed by atoms with Crippen molar-refractivity contribution in [2.24, 2.45) is 5.92 Å². The van der Waals surface area contributed by atoms with Gasteiger partial charge in [0, 0.05) is 38.8 Å². The molecule has 1 aromatic carbocycles. The van der Waals surface area contributed by atoms with Gasteiger partial charge in [0.05, 0.1) is 5.92 Å². The number of benzene rings is 1. The van der Waals surface area contributed by atoms with Gasteiger partial charge in [0.15, 0.2) is 0 Å². The van der Waals surface area contributed by atoms with Crippen molar-refractivity contribution in [2.75, 3.05) is 31.6 Å². The summed E-state index contributed by atoms with van der Waals surface area (Å²) in [4.78, 5) is 25.1. The molecular formula is C15H21N3O2. The number of hydrogen-bond acceptors (Lipinski definition) is 3. The van der Waals surface area contributed by atoms with E-state index in [1.54, 1.807) is 0 Å². The van der Waals surface area contributed by atoms with Crippen molar-refractivity contribution in [2.45, 2.75) is 12.8 Å². The van der Waals surface area contributed by atoms with E-state index in [0.717, 1.165) is 12.2 Å². The minimum atomic E-state index is -0.0882. The van der Waals surface area contributed by atoms with Crippen molar-refractivity contribution in [3.8, 4) is 0 Å². The third-order valence-corrected chi connectivity index (χ3v) is 3.58. The molecule has 2 rings (SSSR count). The number of nitrogens with zero attached hydrogens (tertiary/aromatic N) is 1. The van der Waals surface area contributed by atoms with E-state index in [4.69, 9.17) is 0 Å². The Balaban J connectivity index is 1.70. The highest BCUT2D eigenvalue weighted by molar-refractivity contribution is 5.83. The molecule has 2 amide bonds. The van der Waals surface area contributed by atoms with Gasteiger partial charge >= 0.3 is 0 Å². The first-order chi connectivity index (χ1) is 9.66. The number of hydrogen-bond donors (Lipinski definition) is 2. The zero-order chi connectivity index (χ0) is 14.4. The first-order valence-corrected chi connectivity index (χ1v) is 6.97. The van der Waals surface area contributed by atoms with Crippen molar-refractivity contribution >= 4 is 17.5 Å². The summed E-state index contributed by atoms with van der Waals surface area (Å²) in [6.45, 7) is 1.82. The molecule has 0 spiro atoms. The third kappa shape index (κ3) is 3.98. The number of nitrogens with one attached hydrogen (secondary N) is 2. The van der Waals surface area contributed by atoms with Crippen LogP contribution in [0.3, 0.4) is 0 Å². The quantitative estimate of drug-likeness (QED) is 0.834. The van der Waals surface area contributed by atoms with Crippen LogP contribution in [0.15, 0.2) is 30.3 Å². The second-order valence-corrected chi connectivity index (χ2v) is 5.09. The van der Waals surface area contributed by atoms with Gasteiger partial charge in [-0.25, -0.2) is 0 Å². The molecule has 0 radical (unpaired) electrons. The normalized spacial score (nSPS) is 18.2. The van der Waals surface area contributed by atoms with E-state index in [0.29, 0.717) is 25.9 Å². The van der Waals surface area contributed by atoms with Crippen LogP contribution in [0.25, 0.3) is 0 Å². The van der Waals surface area contributed by atoms with Gasteiger partial charge in [-0.15, -0.1) is 0 Å². The highest BCUT2D eigenvalue weighted by Crippen LogP contribution is 2.11. The Hall–Kier alpha value is -2.04. The topological polar surface area (TPSA) is 61.4 Å². The van der Waals surface area contributed by atoms with Gasteiger partial charge in [-0.2, -0.15) is 0 Å². The second-order valence-electron chi connectivity index (χ2n) is 5.09. The smallest absolute Gasteiger partial charge is 0.224 e. The number of rotatable bonds is 5. The SMILES string of the molecule is CN(CCNC(=O)C1CCC(=O)NC1)c1ccccc1. The Bertz CT molecular complexity index is 451. The van der Waals surface area contributed by atoms with Crippen LogP contribution in [-0.2, 0) is 9.59 Å². The minimum absolute atomic E-state index is 0.0338. The first-order valence-electron chi connectivity index (χ1n) is 6.97. The third-order valence-electron chi connectivity index (χ3n) is 3.58. The summed E-state index contributed by atoms with van der Waals surface area (Å²) in [5.74, 6) is -0.0148. The molecule has 0 aromatic heterocycles. The van der Waals surface area contributed by atoms with Crippen LogP contribution >= 0.6 is 0 Å². The molecule has 1 aliphatic heterocycles. The van der Waals surface area contributed by atoms with Gasteiger partial charge in [0.1, 0.15) is 0 Å². The van der Waals surface area contributed by atoms with E-state index in [9.17, 15) is 9.59 Å². The summed E-state index contributed by atoms with van der Waals surface area (Å²) >= 11 is 0. The summed E-state index contributed by atoms with van der Waals surface area (Å²) in [5, 5.41) is 5.66. The molecule has 0 saturated carbocycles. The Labute approximate surface area is 119 Å². The fourth-order valence-electron chi connectivity index (χ4n) is 2.26. The predicted octanol–water partition coefficient (Wildman–Crippen LogP) is 0.765. The van der Waals surface area contributed by atoms with Gasteiger partial charge in [0.2, 0.25) is 11.8 Å². The number of para-hydroxylation sites is 1. The zero-order valence-corrected chi connectivity index (χ0v) is 11.8. The van der Waals surface area contributed by atoms with E-state index in [1.807, 2.05) is 37.4 Å². The van der Waals surface area contributed by atoms with Crippen LogP contribution < -0.4 is 15.5 Å². The maximum absolute atomic E-state index is 11.9. The van der Waals surface area contributed by atoms with E-state index in [-0.39, 0.29) is 17.7 Å². The first kappa shape index (κ1) is 14.4. The molecule has 20 heavy (non-hydrogen) atoms. The van der Waals surface area contributed by atoms with Crippen molar-refractivity contribution in [3.05, 3.63) is 30.3 Å². The number of amides is 2. The lowest BCUT2D eigenvalue weighted by molar-refractivity contribution is -0.128. The summed E-state index contributed by atoms with van der Waals surface area (Å²) in [6, 6.07) is 10.1. The summed E-state index contributed by atoms with van der Waals surface area (Å²) in [7, 11) is 2.00. The molecule has 1 fully saturated rings. The van der Waals surface area contributed by atoms with Crippen LogP contribution in [-0.4, -0.2) is 38.5 Å². The second kappa shape index (κ2) is 6.93. The molecule has 5 nitrogen and oxygen atoms in total. The largest absolute Gasteiger partial charge is 0.373 e. The van der Waals surface area contributed by atoms with Gasteiger partial charge < -0.3 is 15.5 Å². The fourth-order valence-corrected chi connectivity index (χ4v) is 2.26. The summed E-state index contributed by atoms with van der Waals surface area (Å²) < 4.78 is 0. The maximum atomic E-state index is 11.9. The molecule has 1 heterocycles. The van der Waals surface area contributed by atoms with E-state index in [2.05, 4.69) is 15.5 Å². The van der Waals surface area contributed by atoms with Crippen molar-refractivity contribution in [1.29, 1.82) is 0 Å². The lowest BCUT2D eigenvalue weighted by Crippen LogP contribution is -2.44. The number of anilines is 1.